The van der Waals surface area contributed by atoms with Crippen LogP contribution < -0.4 is 19.7 Å². The molecular weight excluding hydrogens is 501 g/mol. The zero-order valence-electron chi connectivity index (χ0n) is 22.6. The van der Waals surface area contributed by atoms with Crippen LogP contribution in [0.15, 0.2) is 66.7 Å². The number of amides is 2. The summed E-state index contributed by atoms with van der Waals surface area (Å²) in [4.78, 5) is 29.3. The number of nitrogens with zero attached hydrogens (tertiary/aromatic N) is 4. The van der Waals surface area contributed by atoms with E-state index in [0.717, 1.165) is 0 Å². The molecule has 2 amide bonds. The number of halogens is 1. The van der Waals surface area contributed by atoms with Crippen LogP contribution in [0.2, 0.25) is 0 Å². The van der Waals surface area contributed by atoms with E-state index in [-0.39, 0.29) is 6.54 Å². The Balaban J connectivity index is 1.85. The molecule has 4 aromatic rings. The molecule has 10 heteroatoms. The zero-order valence-corrected chi connectivity index (χ0v) is 22.6. The molecule has 0 radical (unpaired) electrons. The topological polar surface area (TPSA) is 98.6 Å². The number of anilines is 1. The van der Waals surface area contributed by atoms with E-state index >= 15 is 0 Å². The van der Waals surface area contributed by atoms with Gasteiger partial charge in [-0.05, 0) is 81.8 Å². The minimum Gasteiger partial charge on any atom is -0.493 e. The summed E-state index contributed by atoms with van der Waals surface area (Å²) in [5.41, 5.74) is 1.54. The van der Waals surface area contributed by atoms with Crippen molar-refractivity contribution in [3.63, 3.8) is 0 Å². The number of benzene rings is 3. The Morgan fingerprint density at radius 3 is 2.44 bits per heavy atom. The second kappa shape index (κ2) is 11.5. The number of ether oxygens (including phenoxy) is 2. The first kappa shape index (κ1) is 27.6. The number of carbonyl (C=O) groups is 2. The first-order valence-corrected chi connectivity index (χ1v) is 12.6. The Hall–Kier alpha value is -4.47. The zero-order chi connectivity index (χ0) is 28.2. The summed E-state index contributed by atoms with van der Waals surface area (Å²) < 4.78 is 26.6. The highest BCUT2D eigenvalue weighted by Gasteiger charge is 2.35. The summed E-state index contributed by atoms with van der Waals surface area (Å²) >= 11 is 0. The first-order chi connectivity index (χ1) is 18.6. The normalized spacial score (nSPS) is 12.2. The Morgan fingerprint density at radius 1 is 1.05 bits per heavy atom. The lowest BCUT2D eigenvalue weighted by Crippen LogP contribution is -2.50. The van der Waals surface area contributed by atoms with Crippen LogP contribution in [0, 0.1) is 5.82 Å². The minimum absolute atomic E-state index is 0.203. The summed E-state index contributed by atoms with van der Waals surface area (Å²) in [6.45, 7) is 7.64. The molecule has 204 valence electrons. The molecule has 1 N–H and O–H groups in total. The average molecular weight is 534 g/mol. The summed E-state index contributed by atoms with van der Waals surface area (Å²) in [6, 6.07) is 16.7. The van der Waals surface area contributed by atoms with Crippen LogP contribution in [0.4, 0.5) is 10.1 Å². The van der Waals surface area contributed by atoms with Crippen molar-refractivity contribution in [2.75, 3.05) is 18.6 Å². The summed E-state index contributed by atoms with van der Waals surface area (Å²) in [7, 11) is 1.50. The molecule has 0 aliphatic carbocycles. The van der Waals surface area contributed by atoms with Gasteiger partial charge in [0.1, 0.15) is 23.9 Å². The van der Waals surface area contributed by atoms with Gasteiger partial charge in [-0.15, -0.1) is 5.10 Å². The summed E-state index contributed by atoms with van der Waals surface area (Å²) in [5, 5.41) is 11.3. The quantitative estimate of drug-likeness (QED) is 0.336. The van der Waals surface area contributed by atoms with Gasteiger partial charge in [0, 0.05) is 11.2 Å². The fraction of sp³-hybridized carbons (Fsp3) is 0.310. The molecule has 0 spiro atoms. The van der Waals surface area contributed by atoms with E-state index < -0.39 is 29.2 Å². The molecular formula is C29H32FN5O4. The molecule has 0 aliphatic rings. The molecule has 0 saturated heterocycles. The highest BCUT2D eigenvalue weighted by atomic mass is 19.1. The van der Waals surface area contributed by atoms with Crippen molar-refractivity contribution in [2.45, 2.75) is 45.8 Å². The van der Waals surface area contributed by atoms with Gasteiger partial charge in [-0.25, -0.2) is 9.07 Å². The molecule has 1 aromatic heterocycles. The first-order valence-electron chi connectivity index (χ1n) is 12.6. The second-order valence-electron chi connectivity index (χ2n) is 9.96. The van der Waals surface area contributed by atoms with Crippen molar-refractivity contribution >= 4 is 28.5 Å². The Labute approximate surface area is 226 Å². The number of fused-ring (bicyclic) bond motifs is 1. The Morgan fingerprint density at radius 2 is 1.77 bits per heavy atom. The largest absolute Gasteiger partial charge is 0.493 e. The highest BCUT2D eigenvalue weighted by molar-refractivity contribution is 6.01. The fourth-order valence-electron chi connectivity index (χ4n) is 4.26. The van der Waals surface area contributed by atoms with Crippen molar-refractivity contribution in [1.29, 1.82) is 0 Å². The number of aromatic nitrogens is 3. The summed E-state index contributed by atoms with van der Waals surface area (Å²) in [5.74, 6) is -0.412. The smallest absolute Gasteiger partial charge is 0.249 e. The SMILES string of the molecule is CCOc1ccc(C(C(=O)NC(C)(C)C)N(C(=O)Cn2nnc3ccccc32)c2ccc(F)cc2)cc1OC. The van der Waals surface area contributed by atoms with Crippen LogP contribution in [0.5, 0.6) is 11.5 Å². The molecule has 3 aromatic carbocycles. The molecule has 0 fully saturated rings. The van der Waals surface area contributed by atoms with Gasteiger partial charge in [0.25, 0.3) is 0 Å². The van der Waals surface area contributed by atoms with E-state index in [4.69, 9.17) is 9.47 Å². The van der Waals surface area contributed by atoms with Crippen molar-refractivity contribution in [3.05, 3.63) is 78.1 Å². The minimum atomic E-state index is -1.12. The van der Waals surface area contributed by atoms with Crippen LogP contribution in [0.25, 0.3) is 11.0 Å². The number of nitrogens with one attached hydrogen (secondary N) is 1. The number of methoxy groups -OCH3 is 1. The van der Waals surface area contributed by atoms with E-state index in [1.165, 1.54) is 41.0 Å². The number of para-hydroxylation sites is 1. The van der Waals surface area contributed by atoms with Crippen molar-refractivity contribution in [3.8, 4) is 11.5 Å². The lowest BCUT2D eigenvalue weighted by molar-refractivity contribution is -0.128. The monoisotopic (exact) mass is 533 g/mol. The van der Waals surface area contributed by atoms with Gasteiger partial charge >= 0.3 is 0 Å². The lowest BCUT2D eigenvalue weighted by Gasteiger charge is -2.34. The highest BCUT2D eigenvalue weighted by Crippen LogP contribution is 2.35. The van der Waals surface area contributed by atoms with E-state index in [1.807, 2.05) is 45.9 Å². The third-order valence-corrected chi connectivity index (χ3v) is 5.89. The van der Waals surface area contributed by atoms with Crippen LogP contribution in [0.3, 0.4) is 0 Å². The molecule has 4 rings (SSSR count). The number of carbonyl (C=O) groups excluding carboxylic acids is 2. The summed E-state index contributed by atoms with van der Waals surface area (Å²) in [6.07, 6.45) is 0. The van der Waals surface area contributed by atoms with Gasteiger partial charge in [0.2, 0.25) is 11.8 Å². The molecule has 1 atom stereocenters. The van der Waals surface area contributed by atoms with E-state index in [9.17, 15) is 14.0 Å². The molecule has 0 bridgehead atoms. The van der Waals surface area contributed by atoms with Crippen molar-refractivity contribution in [1.82, 2.24) is 20.3 Å². The Kier molecular flexibility index (Phi) is 8.13. The molecule has 1 unspecified atom stereocenters. The molecule has 39 heavy (non-hydrogen) atoms. The van der Waals surface area contributed by atoms with Gasteiger partial charge in [-0.2, -0.15) is 0 Å². The molecule has 9 nitrogen and oxygen atoms in total. The van der Waals surface area contributed by atoms with Gasteiger partial charge in [0.15, 0.2) is 11.5 Å². The Bertz CT molecular complexity index is 1460. The fourth-order valence-corrected chi connectivity index (χ4v) is 4.26. The van der Waals surface area contributed by atoms with Crippen LogP contribution in [-0.2, 0) is 16.1 Å². The van der Waals surface area contributed by atoms with Crippen molar-refractivity contribution < 1.29 is 23.5 Å². The lowest BCUT2D eigenvalue weighted by atomic mass is 10.00. The number of rotatable bonds is 9. The number of hydrogen-bond donors (Lipinski definition) is 1. The predicted octanol–water partition coefficient (Wildman–Crippen LogP) is 4.67. The van der Waals surface area contributed by atoms with Gasteiger partial charge in [0.05, 0.1) is 19.2 Å². The maximum absolute atomic E-state index is 14.1. The second-order valence-corrected chi connectivity index (χ2v) is 9.96. The van der Waals surface area contributed by atoms with Gasteiger partial charge < -0.3 is 14.8 Å². The third kappa shape index (κ3) is 6.34. The number of hydrogen-bond acceptors (Lipinski definition) is 6. The maximum Gasteiger partial charge on any atom is 0.249 e. The standard InChI is InChI=1S/C29H32FN5O4/c1-6-39-24-16-11-19(17-25(24)38-5)27(28(37)31-29(2,3)4)35(21-14-12-20(30)13-15-21)26(36)18-34-23-10-8-7-9-22(23)32-33-34/h7-17,27H,6,18H2,1-5H3,(H,31,37). The van der Waals surface area contributed by atoms with Crippen LogP contribution in [0.1, 0.15) is 39.3 Å². The third-order valence-electron chi connectivity index (χ3n) is 5.89. The molecule has 0 saturated carbocycles. The van der Waals surface area contributed by atoms with E-state index in [0.29, 0.717) is 40.4 Å². The van der Waals surface area contributed by atoms with Crippen LogP contribution >= 0.6 is 0 Å². The molecule has 0 aliphatic heterocycles. The van der Waals surface area contributed by atoms with Gasteiger partial charge in [-0.1, -0.05) is 23.4 Å². The van der Waals surface area contributed by atoms with Crippen molar-refractivity contribution in [2.24, 2.45) is 0 Å². The van der Waals surface area contributed by atoms with E-state index in [1.54, 1.807) is 24.3 Å². The molecule has 1 heterocycles. The maximum atomic E-state index is 14.1. The van der Waals surface area contributed by atoms with E-state index in [2.05, 4.69) is 15.6 Å². The van der Waals surface area contributed by atoms with Gasteiger partial charge in [-0.3, -0.25) is 14.5 Å². The van der Waals surface area contributed by atoms with Crippen LogP contribution in [-0.4, -0.2) is 46.1 Å². The predicted molar refractivity (Wildman–Crippen MR) is 146 cm³/mol. The average Bonchev–Trinajstić information content (AvgIpc) is 3.30.